The third-order valence-electron chi connectivity index (χ3n) is 6.49. The van der Waals surface area contributed by atoms with Crippen molar-refractivity contribution >= 4 is 11.6 Å². The summed E-state index contributed by atoms with van der Waals surface area (Å²) in [6.07, 6.45) is -0.476. The van der Waals surface area contributed by atoms with Crippen LogP contribution in [0.5, 0.6) is 0 Å². The van der Waals surface area contributed by atoms with Gasteiger partial charge in [0.2, 0.25) is 0 Å². The van der Waals surface area contributed by atoms with Crippen LogP contribution in [0.2, 0.25) is 0 Å². The Morgan fingerprint density at radius 2 is 1.75 bits per heavy atom. The van der Waals surface area contributed by atoms with Crippen molar-refractivity contribution in [3.05, 3.63) is 41.5 Å². The first-order chi connectivity index (χ1) is 15.5. The summed E-state index contributed by atoms with van der Waals surface area (Å²) in [7, 11) is 0. The molecular formula is C22H26F3N5O2. The summed E-state index contributed by atoms with van der Waals surface area (Å²) >= 11 is 0. The Morgan fingerprint density at radius 1 is 0.938 bits per heavy atom. The van der Waals surface area contributed by atoms with Crippen LogP contribution in [0.3, 0.4) is 0 Å². The van der Waals surface area contributed by atoms with E-state index in [4.69, 9.17) is 14.5 Å². The number of nitrogens with zero attached hydrogens (tertiary/aromatic N) is 4. The standard InChI is InChI=1S/C22H26F3N5O2/c23-22(24,25)16-1-5-26-19(9-16)28-20-10-18(27-21(29-20)15-4-8-31-11-15)14-2-6-30(7-3-14)17-12-32-13-17/h1,5,9-10,14-15,17H,2-4,6-8,11-13H2,(H,26,27,28,29). The number of anilines is 2. The smallest absolute Gasteiger partial charge is 0.381 e. The molecule has 0 bridgehead atoms. The lowest BCUT2D eigenvalue weighted by molar-refractivity contribution is -0.137. The number of hydrogen-bond donors (Lipinski definition) is 1. The maximum absolute atomic E-state index is 13.1. The molecule has 0 aromatic carbocycles. The number of likely N-dealkylation sites (tertiary alicyclic amines) is 1. The minimum Gasteiger partial charge on any atom is -0.381 e. The summed E-state index contributed by atoms with van der Waals surface area (Å²) in [4.78, 5) is 16.0. The molecule has 0 amide bonds. The molecule has 7 nitrogen and oxygen atoms in total. The highest BCUT2D eigenvalue weighted by Crippen LogP contribution is 2.33. The monoisotopic (exact) mass is 449 g/mol. The van der Waals surface area contributed by atoms with Crippen LogP contribution in [0.1, 0.15) is 48.2 Å². The van der Waals surface area contributed by atoms with E-state index in [2.05, 4.69) is 20.2 Å². The van der Waals surface area contributed by atoms with E-state index in [9.17, 15) is 13.2 Å². The fraction of sp³-hybridized carbons (Fsp3) is 0.591. The van der Waals surface area contributed by atoms with Gasteiger partial charge in [-0.25, -0.2) is 15.0 Å². The summed E-state index contributed by atoms with van der Waals surface area (Å²) in [5, 5.41) is 2.98. The normalized spacial score (nSPS) is 23.3. The van der Waals surface area contributed by atoms with Crippen LogP contribution in [0.25, 0.3) is 0 Å². The van der Waals surface area contributed by atoms with Gasteiger partial charge in [0.25, 0.3) is 0 Å². The number of pyridine rings is 1. The highest BCUT2D eigenvalue weighted by molar-refractivity contribution is 5.53. The topological polar surface area (TPSA) is 72.4 Å². The van der Waals surface area contributed by atoms with E-state index in [0.717, 1.165) is 69.6 Å². The number of nitrogens with one attached hydrogen (secondary N) is 1. The molecule has 5 rings (SSSR count). The van der Waals surface area contributed by atoms with Crippen molar-refractivity contribution in [1.29, 1.82) is 0 Å². The molecular weight excluding hydrogens is 423 g/mol. The van der Waals surface area contributed by atoms with E-state index in [1.54, 1.807) is 0 Å². The zero-order chi connectivity index (χ0) is 22.1. The third-order valence-corrected chi connectivity index (χ3v) is 6.49. The van der Waals surface area contributed by atoms with Crippen LogP contribution in [0.4, 0.5) is 24.8 Å². The van der Waals surface area contributed by atoms with E-state index in [0.29, 0.717) is 30.9 Å². The fourth-order valence-electron chi connectivity index (χ4n) is 4.48. The molecule has 0 spiro atoms. The van der Waals surface area contributed by atoms with Gasteiger partial charge in [0.05, 0.1) is 31.4 Å². The van der Waals surface area contributed by atoms with E-state index >= 15 is 0 Å². The van der Waals surface area contributed by atoms with Crippen molar-refractivity contribution in [2.75, 3.05) is 44.8 Å². The first-order valence-electron chi connectivity index (χ1n) is 11.0. The number of alkyl halides is 3. The summed E-state index contributed by atoms with van der Waals surface area (Å²) in [5.74, 6) is 1.64. The molecule has 3 aliphatic rings. The van der Waals surface area contributed by atoms with Crippen LogP contribution >= 0.6 is 0 Å². The zero-order valence-electron chi connectivity index (χ0n) is 17.6. The van der Waals surface area contributed by atoms with Gasteiger partial charge in [-0.15, -0.1) is 0 Å². The number of halogens is 3. The molecule has 3 saturated heterocycles. The molecule has 0 saturated carbocycles. The molecule has 3 fully saturated rings. The quantitative estimate of drug-likeness (QED) is 0.746. The van der Waals surface area contributed by atoms with Gasteiger partial charge in [-0.3, -0.25) is 4.90 Å². The van der Waals surface area contributed by atoms with Gasteiger partial charge in [-0.2, -0.15) is 13.2 Å². The zero-order valence-corrected chi connectivity index (χ0v) is 17.6. The number of rotatable bonds is 5. The molecule has 2 aromatic heterocycles. The van der Waals surface area contributed by atoms with Crippen LogP contribution < -0.4 is 5.32 Å². The predicted molar refractivity (Wildman–Crippen MR) is 111 cm³/mol. The molecule has 2 aromatic rings. The molecule has 32 heavy (non-hydrogen) atoms. The average molecular weight is 449 g/mol. The SMILES string of the molecule is FC(F)(F)c1ccnc(Nc2cc(C3CCN(C4COC4)CC3)nc(C3CCOC3)n2)c1. The molecule has 3 aliphatic heterocycles. The van der Waals surface area contributed by atoms with Crippen molar-refractivity contribution in [2.45, 2.75) is 43.3 Å². The van der Waals surface area contributed by atoms with Crippen molar-refractivity contribution in [3.63, 3.8) is 0 Å². The van der Waals surface area contributed by atoms with E-state index in [1.807, 2.05) is 6.07 Å². The number of aromatic nitrogens is 3. The maximum atomic E-state index is 13.1. The van der Waals surface area contributed by atoms with Gasteiger partial charge in [0, 0.05) is 36.4 Å². The molecule has 1 N–H and O–H groups in total. The highest BCUT2D eigenvalue weighted by Gasteiger charge is 2.32. The Morgan fingerprint density at radius 3 is 2.41 bits per heavy atom. The molecule has 172 valence electrons. The van der Waals surface area contributed by atoms with Crippen LogP contribution in [-0.4, -0.2) is 65.4 Å². The second-order valence-electron chi connectivity index (χ2n) is 8.65. The van der Waals surface area contributed by atoms with E-state index in [1.165, 1.54) is 0 Å². The summed E-state index contributed by atoms with van der Waals surface area (Å²) in [6.45, 7) is 4.82. The average Bonchev–Trinajstić information content (AvgIpc) is 3.28. The molecule has 10 heteroatoms. The summed E-state index contributed by atoms with van der Waals surface area (Å²) in [5.41, 5.74) is 0.182. The van der Waals surface area contributed by atoms with Gasteiger partial charge in [-0.05, 0) is 44.5 Å². The summed E-state index contributed by atoms with van der Waals surface area (Å²) in [6, 6.07) is 4.34. The van der Waals surface area contributed by atoms with Crippen LogP contribution in [0.15, 0.2) is 24.4 Å². The number of piperidine rings is 1. The Balaban J connectivity index is 1.38. The maximum Gasteiger partial charge on any atom is 0.416 e. The highest BCUT2D eigenvalue weighted by atomic mass is 19.4. The first kappa shape index (κ1) is 21.5. The Bertz CT molecular complexity index is 939. The van der Waals surface area contributed by atoms with Gasteiger partial charge in [0.15, 0.2) is 0 Å². The Kier molecular flexibility index (Phi) is 6.00. The predicted octanol–water partition coefficient (Wildman–Crippen LogP) is 3.72. The molecule has 1 atom stereocenters. The lowest BCUT2D eigenvalue weighted by atomic mass is 9.91. The third kappa shape index (κ3) is 4.72. The minimum absolute atomic E-state index is 0.0946. The minimum atomic E-state index is -4.43. The first-order valence-corrected chi connectivity index (χ1v) is 11.0. The molecule has 0 aliphatic carbocycles. The van der Waals surface area contributed by atoms with Crippen molar-refractivity contribution < 1.29 is 22.6 Å². The second-order valence-corrected chi connectivity index (χ2v) is 8.65. The van der Waals surface area contributed by atoms with E-state index in [-0.39, 0.29) is 17.7 Å². The van der Waals surface area contributed by atoms with Crippen molar-refractivity contribution in [1.82, 2.24) is 19.9 Å². The van der Waals surface area contributed by atoms with Crippen molar-refractivity contribution in [2.24, 2.45) is 0 Å². The lowest BCUT2D eigenvalue weighted by Crippen LogP contribution is -2.51. The van der Waals surface area contributed by atoms with Gasteiger partial charge in [-0.1, -0.05) is 0 Å². The van der Waals surface area contributed by atoms with E-state index < -0.39 is 11.7 Å². The molecule has 0 radical (unpaired) electrons. The second kappa shape index (κ2) is 8.92. The van der Waals surface area contributed by atoms with Gasteiger partial charge < -0.3 is 14.8 Å². The summed E-state index contributed by atoms with van der Waals surface area (Å²) < 4.78 is 50.1. The molecule has 5 heterocycles. The lowest BCUT2D eigenvalue weighted by Gasteiger charge is -2.41. The Hall–Kier alpha value is -2.30. The number of ether oxygens (including phenoxy) is 2. The Labute approximate surface area is 184 Å². The molecule has 1 unspecified atom stereocenters. The van der Waals surface area contributed by atoms with Crippen LogP contribution in [0, 0.1) is 0 Å². The largest absolute Gasteiger partial charge is 0.416 e. The van der Waals surface area contributed by atoms with Crippen LogP contribution in [-0.2, 0) is 15.7 Å². The van der Waals surface area contributed by atoms with Gasteiger partial charge in [0.1, 0.15) is 17.5 Å². The number of hydrogen-bond acceptors (Lipinski definition) is 7. The van der Waals surface area contributed by atoms with Crippen molar-refractivity contribution in [3.8, 4) is 0 Å². The fourth-order valence-corrected chi connectivity index (χ4v) is 4.48. The van der Waals surface area contributed by atoms with Gasteiger partial charge >= 0.3 is 6.18 Å².